The number of carbonyl (C=O) groups excluding carboxylic acids is 1. The van der Waals surface area contributed by atoms with Gasteiger partial charge in [0.1, 0.15) is 0 Å². The molecular weight excluding hydrogens is 252 g/mol. The number of fused-ring (bicyclic) bond motifs is 1. The van der Waals surface area contributed by atoms with E-state index in [1.54, 1.807) is 24.8 Å². The predicted molar refractivity (Wildman–Crippen MR) is 76.1 cm³/mol. The Morgan fingerprint density at radius 2 is 2.05 bits per heavy atom. The first-order chi connectivity index (χ1) is 9.74. The molecule has 0 bridgehead atoms. The molecule has 3 aromatic rings. The molecule has 20 heavy (non-hydrogen) atoms. The number of nitrogens with one attached hydrogen (secondary N) is 1. The van der Waals surface area contributed by atoms with Crippen LogP contribution >= 0.6 is 0 Å². The second-order valence-electron chi connectivity index (χ2n) is 4.60. The number of benzene rings is 1. The first kappa shape index (κ1) is 12.3. The zero-order valence-corrected chi connectivity index (χ0v) is 11.1. The highest BCUT2D eigenvalue weighted by Crippen LogP contribution is 2.14. The van der Waals surface area contributed by atoms with E-state index in [1.807, 2.05) is 35.9 Å². The lowest BCUT2D eigenvalue weighted by Gasteiger charge is -2.05. The fraction of sp³-hybridized carbons (Fsp3) is 0.133. The zero-order valence-electron chi connectivity index (χ0n) is 11.1. The van der Waals surface area contributed by atoms with Crippen molar-refractivity contribution in [2.45, 2.75) is 6.54 Å². The Labute approximate surface area is 116 Å². The van der Waals surface area contributed by atoms with Crippen molar-refractivity contribution in [1.82, 2.24) is 19.9 Å². The van der Waals surface area contributed by atoms with E-state index in [0.29, 0.717) is 12.1 Å². The van der Waals surface area contributed by atoms with Crippen molar-refractivity contribution >= 4 is 16.9 Å². The normalized spacial score (nSPS) is 10.7. The number of nitrogens with zero attached hydrogens (tertiary/aromatic N) is 3. The maximum atomic E-state index is 12.1. The fourth-order valence-electron chi connectivity index (χ4n) is 2.05. The number of carbonyl (C=O) groups is 1. The molecule has 100 valence electrons. The SMILES string of the molecule is Cn1cnc2ccc(C(=O)NCc3ccncc3)cc21. The van der Waals surface area contributed by atoms with Crippen molar-refractivity contribution in [1.29, 1.82) is 0 Å². The monoisotopic (exact) mass is 266 g/mol. The smallest absolute Gasteiger partial charge is 0.251 e. The van der Waals surface area contributed by atoms with Gasteiger partial charge in [0.15, 0.2) is 0 Å². The van der Waals surface area contributed by atoms with Gasteiger partial charge in [0.25, 0.3) is 5.91 Å². The van der Waals surface area contributed by atoms with Gasteiger partial charge < -0.3 is 9.88 Å². The van der Waals surface area contributed by atoms with Gasteiger partial charge in [-0.25, -0.2) is 4.98 Å². The summed E-state index contributed by atoms with van der Waals surface area (Å²) < 4.78 is 1.90. The minimum Gasteiger partial charge on any atom is -0.348 e. The number of amides is 1. The molecule has 5 nitrogen and oxygen atoms in total. The van der Waals surface area contributed by atoms with Gasteiger partial charge in [-0.2, -0.15) is 0 Å². The van der Waals surface area contributed by atoms with Crippen molar-refractivity contribution in [3.05, 3.63) is 60.2 Å². The van der Waals surface area contributed by atoms with Gasteiger partial charge in [0.2, 0.25) is 0 Å². The number of hydrogen-bond donors (Lipinski definition) is 1. The molecular formula is C15H14N4O. The quantitative estimate of drug-likeness (QED) is 0.787. The number of hydrogen-bond acceptors (Lipinski definition) is 3. The lowest BCUT2D eigenvalue weighted by atomic mass is 10.2. The fourth-order valence-corrected chi connectivity index (χ4v) is 2.05. The van der Waals surface area contributed by atoms with E-state index in [-0.39, 0.29) is 5.91 Å². The van der Waals surface area contributed by atoms with E-state index in [4.69, 9.17) is 0 Å². The van der Waals surface area contributed by atoms with Crippen LogP contribution in [0.25, 0.3) is 11.0 Å². The number of pyridine rings is 1. The number of imidazole rings is 1. The molecule has 1 amide bonds. The Balaban J connectivity index is 1.77. The van der Waals surface area contributed by atoms with Gasteiger partial charge in [0.05, 0.1) is 17.4 Å². The maximum absolute atomic E-state index is 12.1. The summed E-state index contributed by atoms with van der Waals surface area (Å²) in [5, 5.41) is 2.90. The largest absolute Gasteiger partial charge is 0.348 e. The predicted octanol–water partition coefficient (Wildman–Crippen LogP) is 1.90. The number of aryl methyl sites for hydroxylation is 1. The third kappa shape index (κ3) is 2.38. The van der Waals surface area contributed by atoms with E-state index in [0.717, 1.165) is 16.6 Å². The second-order valence-corrected chi connectivity index (χ2v) is 4.60. The molecule has 5 heteroatoms. The molecule has 0 aliphatic carbocycles. The summed E-state index contributed by atoms with van der Waals surface area (Å²) in [6, 6.07) is 9.26. The van der Waals surface area contributed by atoms with E-state index >= 15 is 0 Å². The van der Waals surface area contributed by atoms with Crippen LogP contribution in [0.4, 0.5) is 0 Å². The van der Waals surface area contributed by atoms with Gasteiger partial charge in [-0.1, -0.05) is 0 Å². The Morgan fingerprint density at radius 3 is 2.85 bits per heavy atom. The van der Waals surface area contributed by atoms with Crippen molar-refractivity contribution in [3.63, 3.8) is 0 Å². The first-order valence-corrected chi connectivity index (χ1v) is 6.32. The topological polar surface area (TPSA) is 59.8 Å². The van der Waals surface area contributed by atoms with Crippen molar-refractivity contribution in [2.75, 3.05) is 0 Å². The third-order valence-electron chi connectivity index (χ3n) is 3.19. The highest BCUT2D eigenvalue weighted by molar-refractivity contribution is 5.97. The van der Waals surface area contributed by atoms with Crippen LogP contribution in [0, 0.1) is 0 Å². The van der Waals surface area contributed by atoms with Crippen LogP contribution in [-0.2, 0) is 13.6 Å². The minimum absolute atomic E-state index is 0.0927. The molecule has 0 unspecified atom stereocenters. The molecule has 0 fully saturated rings. The van der Waals surface area contributed by atoms with Crippen LogP contribution in [0.2, 0.25) is 0 Å². The minimum atomic E-state index is -0.0927. The van der Waals surface area contributed by atoms with Crippen LogP contribution < -0.4 is 5.32 Å². The Hall–Kier alpha value is -2.69. The third-order valence-corrected chi connectivity index (χ3v) is 3.19. The Kier molecular flexibility index (Phi) is 3.16. The summed E-state index contributed by atoms with van der Waals surface area (Å²) in [5.74, 6) is -0.0927. The van der Waals surface area contributed by atoms with Crippen molar-refractivity contribution in [2.24, 2.45) is 7.05 Å². The summed E-state index contributed by atoms with van der Waals surface area (Å²) in [6.45, 7) is 0.491. The van der Waals surface area contributed by atoms with E-state index < -0.39 is 0 Å². The zero-order chi connectivity index (χ0) is 13.9. The summed E-state index contributed by atoms with van der Waals surface area (Å²) in [5.41, 5.74) is 3.49. The molecule has 1 N–H and O–H groups in total. The molecule has 0 aliphatic heterocycles. The molecule has 2 aromatic heterocycles. The van der Waals surface area contributed by atoms with Gasteiger partial charge >= 0.3 is 0 Å². The van der Waals surface area contributed by atoms with Crippen LogP contribution in [-0.4, -0.2) is 20.4 Å². The van der Waals surface area contributed by atoms with Crippen molar-refractivity contribution < 1.29 is 4.79 Å². The maximum Gasteiger partial charge on any atom is 0.251 e. The second kappa shape index (κ2) is 5.13. The van der Waals surface area contributed by atoms with Gasteiger partial charge in [0, 0.05) is 31.5 Å². The van der Waals surface area contributed by atoms with Crippen LogP contribution in [0.3, 0.4) is 0 Å². The Morgan fingerprint density at radius 1 is 1.25 bits per heavy atom. The van der Waals surface area contributed by atoms with Crippen LogP contribution in [0.1, 0.15) is 15.9 Å². The first-order valence-electron chi connectivity index (χ1n) is 6.32. The summed E-state index contributed by atoms with van der Waals surface area (Å²) >= 11 is 0. The molecule has 1 aromatic carbocycles. The van der Waals surface area contributed by atoms with E-state index in [9.17, 15) is 4.79 Å². The van der Waals surface area contributed by atoms with Crippen LogP contribution in [0.15, 0.2) is 49.1 Å². The average molecular weight is 266 g/mol. The van der Waals surface area contributed by atoms with E-state index in [2.05, 4.69) is 15.3 Å². The molecule has 0 aliphatic rings. The van der Waals surface area contributed by atoms with Gasteiger partial charge in [-0.3, -0.25) is 9.78 Å². The average Bonchev–Trinajstić information content (AvgIpc) is 2.87. The molecule has 0 saturated heterocycles. The van der Waals surface area contributed by atoms with Crippen LogP contribution in [0.5, 0.6) is 0 Å². The number of rotatable bonds is 3. The standard InChI is InChI=1S/C15H14N4O/c1-19-10-18-13-3-2-12(8-14(13)19)15(20)17-9-11-4-6-16-7-5-11/h2-8,10H,9H2,1H3,(H,17,20). The molecule has 0 radical (unpaired) electrons. The lowest BCUT2D eigenvalue weighted by Crippen LogP contribution is -2.22. The highest BCUT2D eigenvalue weighted by Gasteiger charge is 2.08. The summed E-state index contributed by atoms with van der Waals surface area (Å²) in [4.78, 5) is 20.3. The molecule has 0 atom stereocenters. The molecule has 2 heterocycles. The summed E-state index contributed by atoms with van der Waals surface area (Å²) in [7, 11) is 1.91. The number of aromatic nitrogens is 3. The van der Waals surface area contributed by atoms with E-state index in [1.165, 1.54) is 0 Å². The lowest BCUT2D eigenvalue weighted by molar-refractivity contribution is 0.0951. The van der Waals surface area contributed by atoms with Gasteiger partial charge in [-0.05, 0) is 35.9 Å². The van der Waals surface area contributed by atoms with Crippen molar-refractivity contribution in [3.8, 4) is 0 Å². The molecule has 0 spiro atoms. The molecule has 3 rings (SSSR count). The molecule has 0 saturated carbocycles. The highest BCUT2D eigenvalue weighted by atomic mass is 16.1. The van der Waals surface area contributed by atoms with Gasteiger partial charge in [-0.15, -0.1) is 0 Å². The summed E-state index contributed by atoms with van der Waals surface area (Å²) in [6.07, 6.45) is 5.16. The Bertz CT molecular complexity index is 749.